The molecule has 1 heterocycles. The van der Waals surface area contributed by atoms with Crippen LogP contribution in [-0.4, -0.2) is 45.1 Å². The van der Waals surface area contributed by atoms with Crippen molar-refractivity contribution in [1.82, 2.24) is 15.6 Å². The third kappa shape index (κ3) is 10.6. The zero-order valence-electron chi connectivity index (χ0n) is 21.2. The van der Waals surface area contributed by atoms with Crippen LogP contribution in [0.25, 0.3) is 5.76 Å². The quantitative estimate of drug-likeness (QED) is 0.279. The molecule has 1 aliphatic carbocycles. The molecule has 3 aromatic rings. The van der Waals surface area contributed by atoms with Crippen molar-refractivity contribution in [2.24, 2.45) is 0 Å². The Morgan fingerprint density at radius 3 is 2.03 bits per heavy atom. The van der Waals surface area contributed by atoms with Crippen molar-refractivity contribution in [3.8, 4) is 0 Å². The van der Waals surface area contributed by atoms with Crippen molar-refractivity contribution in [3.05, 3.63) is 101 Å². The molecule has 0 aliphatic heterocycles. The summed E-state index contributed by atoms with van der Waals surface area (Å²) in [5.74, 6) is 1.02. The number of carbonyl (C=O) groups is 2. The number of amides is 2. The first-order valence-corrected chi connectivity index (χ1v) is 12.1. The number of hydrogen-bond acceptors (Lipinski definition) is 4. The first-order chi connectivity index (χ1) is 17.7. The summed E-state index contributed by atoms with van der Waals surface area (Å²) in [5, 5.41) is 4.76. The topological polar surface area (TPSA) is 92.4 Å². The molecule has 7 nitrogen and oxygen atoms in total. The minimum atomic E-state index is 0.488. The molecule has 0 saturated carbocycles. The molecule has 0 spiro atoms. The molecule has 2 aromatic carbocycles. The Hall–Kier alpha value is -3.84. The SMILES string of the molecule is COC1=CCCc2[nH]c(CCc3ccccc3)cc21.COCc1ccccc1.O=CNCCNC=O. The Balaban J connectivity index is 0.000000224. The van der Waals surface area contributed by atoms with E-state index < -0.39 is 0 Å². The van der Waals surface area contributed by atoms with Gasteiger partial charge in [-0.1, -0.05) is 60.7 Å². The van der Waals surface area contributed by atoms with Crippen LogP contribution in [0.15, 0.2) is 72.8 Å². The minimum absolute atomic E-state index is 0.488. The normalized spacial score (nSPS) is 11.3. The number of aromatic nitrogens is 1. The lowest BCUT2D eigenvalue weighted by atomic mass is 10.0. The van der Waals surface area contributed by atoms with Crippen LogP contribution in [0.3, 0.4) is 0 Å². The monoisotopic (exact) mass is 491 g/mol. The van der Waals surface area contributed by atoms with E-state index in [1.807, 2.05) is 30.3 Å². The van der Waals surface area contributed by atoms with Gasteiger partial charge in [-0.25, -0.2) is 0 Å². The molecule has 0 bridgehead atoms. The summed E-state index contributed by atoms with van der Waals surface area (Å²) in [4.78, 5) is 22.6. The van der Waals surface area contributed by atoms with Crippen LogP contribution in [0, 0.1) is 0 Å². The van der Waals surface area contributed by atoms with Gasteiger partial charge in [-0.05, 0) is 49.0 Å². The van der Waals surface area contributed by atoms with Crippen LogP contribution in [0.5, 0.6) is 0 Å². The summed E-state index contributed by atoms with van der Waals surface area (Å²) in [6.45, 7) is 1.69. The number of fused-ring (bicyclic) bond motifs is 1. The van der Waals surface area contributed by atoms with Crippen molar-refractivity contribution in [2.75, 3.05) is 27.3 Å². The van der Waals surface area contributed by atoms with Gasteiger partial charge in [0.05, 0.1) is 13.7 Å². The molecule has 0 saturated heterocycles. The van der Waals surface area contributed by atoms with E-state index in [-0.39, 0.29) is 0 Å². The third-order valence-electron chi connectivity index (χ3n) is 5.42. The van der Waals surface area contributed by atoms with Crippen molar-refractivity contribution in [2.45, 2.75) is 32.3 Å². The first kappa shape index (κ1) is 28.4. The Labute approximate surface area is 213 Å². The van der Waals surface area contributed by atoms with Gasteiger partial charge in [-0.15, -0.1) is 0 Å². The number of allylic oxidation sites excluding steroid dienone is 1. The molecule has 0 atom stereocenters. The average molecular weight is 492 g/mol. The van der Waals surface area contributed by atoms with Gasteiger partial charge < -0.3 is 25.1 Å². The highest BCUT2D eigenvalue weighted by Gasteiger charge is 2.16. The average Bonchev–Trinajstić information content (AvgIpc) is 3.36. The van der Waals surface area contributed by atoms with E-state index in [0.29, 0.717) is 32.5 Å². The van der Waals surface area contributed by atoms with E-state index >= 15 is 0 Å². The lowest BCUT2D eigenvalue weighted by Crippen LogP contribution is -2.25. The lowest BCUT2D eigenvalue weighted by molar-refractivity contribution is -0.111. The van der Waals surface area contributed by atoms with Gasteiger partial charge in [-0.2, -0.15) is 0 Å². The fourth-order valence-corrected chi connectivity index (χ4v) is 3.69. The van der Waals surface area contributed by atoms with Crippen LogP contribution >= 0.6 is 0 Å². The van der Waals surface area contributed by atoms with Gasteiger partial charge in [0.1, 0.15) is 5.76 Å². The smallest absolute Gasteiger partial charge is 0.207 e. The molecule has 2 amide bonds. The van der Waals surface area contributed by atoms with Gasteiger partial charge in [0.15, 0.2) is 0 Å². The van der Waals surface area contributed by atoms with E-state index in [1.165, 1.54) is 28.1 Å². The third-order valence-corrected chi connectivity index (χ3v) is 5.42. The number of aromatic amines is 1. The zero-order chi connectivity index (χ0) is 25.8. The second kappa shape index (κ2) is 17.6. The summed E-state index contributed by atoms with van der Waals surface area (Å²) in [6, 6.07) is 23.0. The molecule has 3 N–H and O–H groups in total. The summed E-state index contributed by atoms with van der Waals surface area (Å²) >= 11 is 0. The summed E-state index contributed by atoms with van der Waals surface area (Å²) in [6.07, 6.45) is 7.64. The molecule has 1 aromatic heterocycles. The van der Waals surface area contributed by atoms with Crippen molar-refractivity contribution < 1.29 is 19.1 Å². The van der Waals surface area contributed by atoms with E-state index in [9.17, 15) is 9.59 Å². The van der Waals surface area contributed by atoms with E-state index in [1.54, 1.807) is 14.2 Å². The Bertz CT molecular complexity index is 1020. The number of nitrogens with one attached hydrogen (secondary N) is 3. The maximum atomic E-state index is 9.54. The Kier molecular flexibility index (Phi) is 13.9. The summed E-state index contributed by atoms with van der Waals surface area (Å²) in [5.41, 5.74) is 6.48. The predicted octanol–water partition coefficient (Wildman–Crippen LogP) is 4.04. The van der Waals surface area contributed by atoms with Gasteiger partial charge >= 0.3 is 0 Å². The van der Waals surface area contributed by atoms with E-state index in [0.717, 1.165) is 31.4 Å². The number of benzene rings is 2. The minimum Gasteiger partial charge on any atom is -0.496 e. The highest BCUT2D eigenvalue weighted by atomic mass is 16.5. The van der Waals surface area contributed by atoms with Crippen molar-refractivity contribution >= 4 is 18.6 Å². The summed E-state index contributed by atoms with van der Waals surface area (Å²) < 4.78 is 10.4. The molecule has 1 aliphatic rings. The number of aryl methyl sites for hydroxylation is 3. The van der Waals surface area contributed by atoms with Crippen LogP contribution in [0.1, 0.15) is 34.5 Å². The molecular weight excluding hydrogens is 454 g/mol. The summed E-state index contributed by atoms with van der Waals surface area (Å²) in [7, 11) is 3.45. The Morgan fingerprint density at radius 1 is 0.861 bits per heavy atom. The standard InChI is InChI=1S/C17H19NO.C8H10O.C4H8N2O2/c1-19-17-9-5-8-16-15(17)12-14(18-16)11-10-13-6-3-2-4-7-13;1-9-7-8-5-3-2-4-6-8;7-3-5-1-2-6-4-8/h2-4,6-7,9,12,18H,5,8,10-11H2,1H3;2-6H,7H2,1H3;3-4H,1-2H2,(H,5,7)(H,6,8). The van der Waals surface area contributed by atoms with Crippen LogP contribution in [-0.2, 0) is 44.9 Å². The van der Waals surface area contributed by atoms with Crippen LogP contribution in [0.4, 0.5) is 0 Å². The largest absolute Gasteiger partial charge is 0.496 e. The van der Waals surface area contributed by atoms with Crippen LogP contribution < -0.4 is 10.6 Å². The second-order valence-corrected chi connectivity index (χ2v) is 8.05. The molecule has 0 unspecified atom stereocenters. The number of H-pyrrole nitrogens is 1. The fourth-order valence-electron chi connectivity index (χ4n) is 3.69. The zero-order valence-corrected chi connectivity index (χ0v) is 21.2. The van der Waals surface area contributed by atoms with Gasteiger partial charge in [0.25, 0.3) is 0 Å². The molecule has 36 heavy (non-hydrogen) atoms. The number of hydrogen-bond donors (Lipinski definition) is 3. The molecule has 0 fully saturated rings. The predicted molar refractivity (Wildman–Crippen MR) is 143 cm³/mol. The molecule has 0 radical (unpaired) electrons. The highest BCUT2D eigenvalue weighted by molar-refractivity contribution is 5.64. The Morgan fingerprint density at radius 2 is 1.47 bits per heavy atom. The van der Waals surface area contributed by atoms with Crippen molar-refractivity contribution in [1.29, 1.82) is 0 Å². The van der Waals surface area contributed by atoms with E-state index in [4.69, 9.17) is 9.47 Å². The van der Waals surface area contributed by atoms with Gasteiger partial charge in [0.2, 0.25) is 12.8 Å². The van der Waals surface area contributed by atoms with Gasteiger partial charge in [0, 0.05) is 37.2 Å². The highest BCUT2D eigenvalue weighted by Crippen LogP contribution is 2.27. The number of rotatable bonds is 11. The fraction of sp³-hybridized carbons (Fsp3) is 0.310. The van der Waals surface area contributed by atoms with Gasteiger partial charge in [-0.3, -0.25) is 9.59 Å². The number of carbonyl (C=O) groups excluding carboxylic acids is 2. The second-order valence-electron chi connectivity index (χ2n) is 8.05. The van der Waals surface area contributed by atoms with Crippen LogP contribution in [0.2, 0.25) is 0 Å². The maximum Gasteiger partial charge on any atom is 0.207 e. The maximum absolute atomic E-state index is 9.54. The van der Waals surface area contributed by atoms with E-state index in [2.05, 4.69) is 58.1 Å². The molecule has 4 rings (SSSR count). The molecular formula is C29H37N3O4. The molecule has 7 heteroatoms. The lowest BCUT2D eigenvalue weighted by Gasteiger charge is -2.11. The number of ether oxygens (including phenoxy) is 2. The molecule has 192 valence electrons. The first-order valence-electron chi connectivity index (χ1n) is 12.1. The number of methoxy groups -OCH3 is 2. The van der Waals surface area contributed by atoms with Crippen molar-refractivity contribution in [3.63, 3.8) is 0 Å².